The van der Waals surface area contributed by atoms with Gasteiger partial charge in [0.15, 0.2) is 0 Å². The van der Waals surface area contributed by atoms with Crippen molar-refractivity contribution < 1.29 is 23.9 Å². The van der Waals surface area contributed by atoms with Gasteiger partial charge in [-0.05, 0) is 138 Å². The highest BCUT2D eigenvalue weighted by Crippen LogP contribution is 2.77. The van der Waals surface area contributed by atoms with Crippen molar-refractivity contribution in [3.63, 3.8) is 0 Å². The molecule has 1 amide bonds. The van der Waals surface area contributed by atoms with Gasteiger partial charge in [0.25, 0.3) is 0 Å². The van der Waals surface area contributed by atoms with E-state index in [1.807, 2.05) is 20.8 Å². The molecule has 45 heavy (non-hydrogen) atoms. The van der Waals surface area contributed by atoms with Gasteiger partial charge in [0.1, 0.15) is 11.7 Å². The van der Waals surface area contributed by atoms with Crippen LogP contribution in [0.25, 0.3) is 0 Å². The summed E-state index contributed by atoms with van der Waals surface area (Å²) in [6.45, 7) is 26.7. The lowest BCUT2D eigenvalue weighted by atomic mass is 9.32. The summed E-state index contributed by atoms with van der Waals surface area (Å²) in [7, 11) is 0. The molecule has 1 N–H and O–H groups in total. The minimum Gasteiger partial charge on any atom is -0.462 e. The Kier molecular flexibility index (Phi) is 8.73. The third-order valence-corrected chi connectivity index (χ3v) is 14.8. The van der Waals surface area contributed by atoms with Crippen molar-refractivity contribution in [3.05, 3.63) is 12.2 Å². The molecule has 10 atom stereocenters. The second-order valence-corrected chi connectivity index (χ2v) is 18.4. The van der Waals surface area contributed by atoms with Gasteiger partial charge in [-0.25, -0.2) is 0 Å². The van der Waals surface area contributed by atoms with Crippen molar-refractivity contribution in [3.8, 4) is 0 Å². The molecule has 254 valence electrons. The van der Waals surface area contributed by atoms with Crippen LogP contribution in [0.15, 0.2) is 12.2 Å². The van der Waals surface area contributed by atoms with Crippen molar-refractivity contribution in [1.29, 1.82) is 0 Å². The molecule has 5 rings (SSSR count). The molecule has 0 unspecified atom stereocenters. The molecule has 6 nitrogen and oxygen atoms in total. The van der Waals surface area contributed by atoms with E-state index in [2.05, 4.69) is 53.4 Å². The van der Waals surface area contributed by atoms with Crippen LogP contribution in [-0.2, 0) is 23.9 Å². The average molecular weight is 626 g/mol. The Morgan fingerprint density at radius 2 is 1.51 bits per heavy atom. The molecule has 0 aliphatic heterocycles. The molecular formula is C39H63NO5. The number of hydrogen-bond acceptors (Lipinski definition) is 5. The minimum atomic E-state index is -0.526. The predicted octanol–water partition coefficient (Wildman–Crippen LogP) is 8.42. The number of fused-ring (bicyclic) bond motifs is 7. The Morgan fingerprint density at radius 3 is 2.13 bits per heavy atom. The van der Waals surface area contributed by atoms with Gasteiger partial charge in [0, 0.05) is 18.9 Å². The van der Waals surface area contributed by atoms with Crippen LogP contribution < -0.4 is 5.32 Å². The van der Waals surface area contributed by atoms with E-state index in [9.17, 15) is 14.4 Å². The van der Waals surface area contributed by atoms with E-state index in [4.69, 9.17) is 9.47 Å². The second-order valence-electron chi connectivity index (χ2n) is 18.4. The van der Waals surface area contributed by atoms with Gasteiger partial charge in [-0.15, -0.1) is 0 Å². The highest BCUT2D eigenvalue weighted by Gasteiger charge is 2.72. The topological polar surface area (TPSA) is 81.7 Å². The molecule has 0 spiro atoms. The summed E-state index contributed by atoms with van der Waals surface area (Å²) in [5.74, 6) is 1.98. The number of ether oxygens (including phenoxy) is 2. The average Bonchev–Trinajstić information content (AvgIpc) is 3.31. The monoisotopic (exact) mass is 625 g/mol. The lowest BCUT2D eigenvalue weighted by Crippen LogP contribution is -2.67. The molecule has 5 fully saturated rings. The van der Waals surface area contributed by atoms with Crippen molar-refractivity contribution in [2.24, 2.45) is 56.7 Å². The standard InChI is InChI=1S/C39H63NO5/c1-24(2)26-14-20-39(33(43)40-23-17-31(42)45-34(4,5)6)22-21-37(10)27(32(26)39)12-13-29-36(9)18-16-30(44-25(3)41)35(7,8)28(36)15-19-38(29,37)11/h26-30,32H,1,12-23H2,2-11H3,(H,40,43)/t26-,27+,28-,29+,30-,32+,36-,37+,38+,39-/m0/s1. The fourth-order valence-corrected chi connectivity index (χ4v) is 12.8. The fraction of sp³-hybridized carbons (Fsp3) is 0.872. The van der Waals surface area contributed by atoms with Gasteiger partial charge >= 0.3 is 11.9 Å². The first kappa shape index (κ1) is 34.5. The van der Waals surface area contributed by atoms with Crippen LogP contribution in [0.1, 0.15) is 140 Å². The number of carbonyl (C=O) groups is 3. The molecule has 0 bridgehead atoms. The lowest BCUT2D eigenvalue weighted by Gasteiger charge is -2.72. The Labute approximate surface area is 273 Å². The van der Waals surface area contributed by atoms with Crippen LogP contribution in [0.3, 0.4) is 0 Å². The molecule has 6 heteroatoms. The molecule has 5 saturated carbocycles. The summed E-state index contributed by atoms with van der Waals surface area (Å²) in [4.78, 5) is 38.7. The summed E-state index contributed by atoms with van der Waals surface area (Å²) < 4.78 is 11.4. The van der Waals surface area contributed by atoms with Gasteiger partial charge in [-0.3, -0.25) is 14.4 Å². The highest BCUT2D eigenvalue weighted by molar-refractivity contribution is 5.84. The number of esters is 2. The zero-order valence-corrected chi connectivity index (χ0v) is 30.2. The van der Waals surface area contributed by atoms with Crippen molar-refractivity contribution in [2.45, 2.75) is 152 Å². The third-order valence-electron chi connectivity index (χ3n) is 14.8. The Bertz CT molecular complexity index is 1220. The van der Waals surface area contributed by atoms with Crippen LogP contribution in [0, 0.1) is 56.7 Å². The number of nitrogens with one attached hydrogen (secondary N) is 1. The Morgan fingerprint density at radius 1 is 0.822 bits per heavy atom. The van der Waals surface area contributed by atoms with Gasteiger partial charge in [-0.1, -0.05) is 46.8 Å². The molecule has 5 aliphatic carbocycles. The summed E-state index contributed by atoms with van der Waals surface area (Å²) in [5.41, 5.74) is 0.793. The first-order valence-corrected chi connectivity index (χ1v) is 18.1. The summed E-state index contributed by atoms with van der Waals surface area (Å²) in [5, 5.41) is 3.23. The first-order chi connectivity index (χ1) is 20.7. The molecule has 0 heterocycles. The number of rotatable bonds is 6. The minimum absolute atomic E-state index is 0.0108. The van der Waals surface area contributed by atoms with E-state index >= 15 is 0 Å². The van der Waals surface area contributed by atoms with E-state index < -0.39 is 11.0 Å². The predicted molar refractivity (Wildman–Crippen MR) is 178 cm³/mol. The van der Waals surface area contributed by atoms with Gasteiger partial charge in [0.05, 0.1) is 11.8 Å². The lowest BCUT2D eigenvalue weighted by molar-refractivity contribution is -0.248. The van der Waals surface area contributed by atoms with Gasteiger partial charge in [0.2, 0.25) is 5.91 Å². The maximum atomic E-state index is 14.3. The normalized spacial score (nSPS) is 43.5. The van der Waals surface area contributed by atoms with Gasteiger partial charge < -0.3 is 14.8 Å². The van der Waals surface area contributed by atoms with E-state index in [1.54, 1.807) is 6.92 Å². The van der Waals surface area contributed by atoms with E-state index in [0.717, 1.165) is 44.9 Å². The summed E-state index contributed by atoms with van der Waals surface area (Å²) in [6.07, 6.45) is 10.9. The molecule has 0 aromatic rings. The number of carbonyl (C=O) groups excluding carboxylic acids is 3. The molecule has 0 radical (unpaired) electrons. The van der Waals surface area contributed by atoms with Crippen molar-refractivity contribution in [2.75, 3.05) is 6.54 Å². The SMILES string of the molecule is C=C(C)[C@@H]1CC[C@]2(C(=O)NCCC(=O)OC(C)(C)C)CC[C@]3(C)[C@H](CC[C@@H]4[C@@]5(C)CC[C@H](OC(C)=O)C(C)(C)[C@@H]5CC[C@]43C)[C@@H]12. The quantitative estimate of drug-likeness (QED) is 0.237. The molecule has 0 saturated heterocycles. The summed E-state index contributed by atoms with van der Waals surface area (Å²) in [6, 6.07) is 0. The zero-order chi connectivity index (χ0) is 33.4. The maximum Gasteiger partial charge on any atom is 0.308 e. The first-order valence-electron chi connectivity index (χ1n) is 18.1. The Hall–Kier alpha value is -1.85. The summed E-state index contributed by atoms with van der Waals surface area (Å²) >= 11 is 0. The fourth-order valence-electron chi connectivity index (χ4n) is 12.8. The van der Waals surface area contributed by atoms with Gasteiger partial charge in [-0.2, -0.15) is 0 Å². The van der Waals surface area contributed by atoms with Crippen LogP contribution in [0.4, 0.5) is 0 Å². The molecule has 0 aromatic carbocycles. The Balaban J connectivity index is 1.41. The second kappa shape index (κ2) is 11.4. The third kappa shape index (κ3) is 5.40. The largest absolute Gasteiger partial charge is 0.462 e. The van der Waals surface area contributed by atoms with E-state index in [-0.39, 0.29) is 57.9 Å². The van der Waals surface area contributed by atoms with Crippen LogP contribution in [0.2, 0.25) is 0 Å². The number of hydrogen-bond donors (Lipinski definition) is 1. The smallest absolute Gasteiger partial charge is 0.308 e. The molecule has 0 aromatic heterocycles. The number of amides is 1. The maximum absolute atomic E-state index is 14.3. The van der Waals surface area contributed by atoms with Crippen LogP contribution in [-0.4, -0.2) is 36.1 Å². The van der Waals surface area contributed by atoms with E-state index in [1.165, 1.54) is 24.8 Å². The van der Waals surface area contributed by atoms with Crippen molar-refractivity contribution >= 4 is 17.8 Å². The van der Waals surface area contributed by atoms with Crippen LogP contribution in [0.5, 0.6) is 0 Å². The van der Waals surface area contributed by atoms with E-state index in [0.29, 0.717) is 30.2 Å². The molecule has 5 aliphatic rings. The van der Waals surface area contributed by atoms with Crippen LogP contribution >= 0.6 is 0 Å². The zero-order valence-electron chi connectivity index (χ0n) is 30.2. The van der Waals surface area contributed by atoms with Crippen molar-refractivity contribution in [1.82, 2.24) is 5.32 Å². The highest BCUT2D eigenvalue weighted by atomic mass is 16.6. The molecular weight excluding hydrogens is 562 g/mol. The number of allylic oxidation sites excluding steroid dienone is 1.